The third-order valence-electron chi connectivity index (χ3n) is 2.88. The van der Waals surface area contributed by atoms with E-state index >= 15 is 0 Å². The summed E-state index contributed by atoms with van der Waals surface area (Å²) in [6.45, 7) is 3.45. The van der Waals surface area contributed by atoms with Crippen molar-refractivity contribution < 1.29 is 14.2 Å². The summed E-state index contributed by atoms with van der Waals surface area (Å²) in [5.74, 6) is -0.253. The van der Waals surface area contributed by atoms with Crippen LogP contribution in [0.2, 0.25) is 0 Å². The number of nitriles is 1. The Balaban J connectivity index is 2.58. The van der Waals surface area contributed by atoms with E-state index in [0.717, 1.165) is 0 Å². The molecule has 0 radical (unpaired) electrons. The standard InChI is InChI=1S/C12H11BrFNO2/c1-12(2)11(16)10(13)7-3-6(5-15)8(14)4-9(7)17-12/h3-4,10-11,16H,1-2H3/t10-,11+/m1/s1. The molecule has 0 saturated carbocycles. The van der Waals surface area contributed by atoms with E-state index < -0.39 is 17.5 Å². The number of halogens is 2. The minimum absolute atomic E-state index is 0.0521. The molecular weight excluding hydrogens is 289 g/mol. The molecule has 2 rings (SSSR count). The Morgan fingerprint density at radius 1 is 1.53 bits per heavy atom. The molecule has 1 aromatic carbocycles. The molecule has 5 heteroatoms. The van der Waals surface area contributed by atoms with Gasteiger partial charge in [-0.25, -0.2) is 4.39 Å². The van der Waals surface area contributed by atoms with E-state index in [-0.39, 0.29) is 10.4 Å². The zero-order valence-electron chi connectivity index (χ0n) is 9.37. The third kappa shape index (κ3) is 1.92. The predicted molar refractivity (Wildman–Crippen MR) is 63.5 cm³/mol. The van der Waals surface area contributed by atoms with Gasteiger partial charge in [-0.05, 0) is 19.9 Å². The Bertz CT molecular complexity index is 510. The first-order valence-corrected chi connectivity index (χ1v) is 6.03. The Morgan fingerprint density at radius 2 is 2.18 bits per heavy atom. The van der Waals surface area contributed by atoms with Crippen molar-refractivity contribution in [1.82, 2.24) is 0 Å². The van der Waals surface area contributed by atoms with Crippen LogP contribution in [-0.2, 0) is 0 Å². The predicted octanol–water partition coefficient (Wildman–Crippen LogP) is 2.67. The van der Waals surface area contributed by atoms with E-state index in [2.05, 4.69) is 15.9 Å². The normalized spacial score (nSPS) is 25.6. The fourth-order valence-electron chi connectivity index (χ4n) is 1.83. The molecule has 0 bridgehead atoms. The lowest BCUT2D eigenvalue weighted by Gasteiger charge is -2.40. The van der Waals surface area contributed by atoms with Crippen LogP contribution in [0.5, 0.6) is 5.75 Å². The van der Waals surface area contributed by atoms with Crippen LogP contribution in [-0.4, -0.2) is 16.8 Å². The van der Waals surface area contributed by atoms with Gasteiger partial charge in [-0.1, -0.05) is 15.9 Å². The molecule has 1 aliphatic rings. The summed E-state index contributed by atoms with van der Waals surface area (Å²) in [5.41, 5.74) is -0.264. The first-order chi connectivity index (χ1) is 7.86. The molecule has 1 N–H and O–H groups in total. The van der Waals surface area contributed by atoms with Gasteiger partial charge in [0.2, 0.25) is 0 Å². The number of rotatable bonds is 0. The number of fused-ring (bicyclic) bond motifs is 1. The van der Waals surface area contributed by atoms with Gasteiger partial charge < -0.3 is 9.84 Å². The number of benzene rings is 1. The van der Waals surface area contributed by atoms with Gasteiger partial charge >= 0.3 is 0 Å². The van der Waals surface area contributed by atoms with E-state index in [9.17, 15) is 9.50 Å². The highest BCUT2D eigenvalue weighted by molar-refractivity contribution is 9.09. The van der Waals surface area contributed by atoms with E-state index in [0.29, 0.717) is 11.3 Å². The highest BCUT2D eigenvalue weighted by atomic mass is 79.9. The zero-order chi connectivity index (χ0) is 12.8. The average molecular weight is 300 g/mol. The van der Waals surface area contributed by atoms with Crippen molar-refractivity contribution in [2.24, 2.45) is 0 Å². The fourth-order valence-corrected chi connectivity index (χ4v) is 2.82. The molecule has 1 aliphatic heterocycles. The lowest BCUT2D eigenvalue weighted by Crippen LogP contribution is -2.47. The second-order valence-electron chi connectivity index (χ2n) is 4.53. The molecule has 0 unspecified atom stereocenters. The molecule has 0 amide bonds. The summed E-state index contributed by atoms with van der Waals surface area (Å²) in [7, 11) is 0. The van der Waals surface area contributed by atoms with Crippen LogP contribution in [0.3, 0.4) is 0 Å². The van der Waals surface area contributed by atoms with E-state index in [1.165, 1.54) is 12.1 Å². The van der Waals surface area contributed by atoms with E-state index in [1.807, 2.05) is 0 Å². The topological polar surface area (TPSA) is 53.2 Å². The molecule has 17 heavy (non-hydrogen) atoms. The Morgan fingerprint density at radius 3 is 2.76 bits per heavy atom. The van der Waals surface area contributed by atoms with Gasteiger partial charge in [0, 0.05) is 11.6 Å². The van der Waals surface area contributed by atoms with Crippen LogP contribution in [0, 0.1) is 17.1 Å². The number of hydrogen-bond acceptors (Lipinski definition) is 3. The second kappa shape index (κ2) is 3.97. The minimum atomic E-state index is -0.804. The van der Waals surface area contributed by atoms with Crippen molar-refractivity contribution in [3.8, 4) is 11.8 Å². The average Bonchev–Trinajstić information content (AvgIpc) is 2.25. The van der Waals surface area contributed by atoms with Crippen molar-refractivity contribution >= 4 is 15.9 Å². The van der Waals surface area contributed by atoms with E-state index in [1.54, 1.807) is 19.9 Å². The van der Waals surface area contributed by atoms with Crippen LogP contribution < -0.4 is 4.74 Å². The second-order valence-corrected chi connectivity index (χ2v) is 5.52. The van der Waals surface area contributed by atoms with Crippen molar-refractivity contribution in [3.63, 3.8) is 0 Å². The first-order valence-electron chi connectivity index (χ1n) is 5.11. The van der Waals surface area contributed by atoms with Crippen molar-refractivity contribution in [2.45, 2.75) is 30.4 Å². The number of alkyl halides is 1. The zero-order valence-corrected chi connectivity index (χ0v) is 11.0. The summed E-state index contributed by atoms with van der Waals surface area (Å²) in [6, 6.07) is 4.36. The van der Waals surface area contributed by atoms with Crippen LogP contribution in [0.4, 0.5) is 4.39 Å². The number of aliphatic hydroxyl groups excluding tert-OH is 1. The molecule has 90 valence electrons. The lowest BCUT2D eigenvalue weighted by molar-refractivity contribution is -0.0420. The molecule has 0 aliphatic carbocycles. The van der Waals surface area contributed by atoms with Gasteiger partial charge in [0.05, 0.1) is 10.4 Å². The Kier molecular flexibility index (Phi) is 2.88. The maximum atomic E-state index is 13.5. The van der Waals surface area contributed by atoms with Gasteiger partial charge in [-0.15, -0.1) is 0 Å². The van der Waals surface area contributed by atoms with E-state index in [4.69, 9.17) is 10.00 Å². The third-order valence-corrected chi connectivity index (χ3v) is 3.87. The maximum Gasteiger partial charge on any atom is 0.144 e. The minimum Gasteiger partial charge on any atom is -0.485 e. The summed E-state index contributed by atoms with van der Waals surface area (Å²) in [5, 5.41) is 18.8. The molecule has 0 fully saturated rings. The molecule has 3 nitrogen and oxygen atoms in total. The van der Waals surface area contributed by atoms with Gasteiger partial charge in [-0.3, -0.25) is 0 Å². The SMILES string of the molecule is CC1(C)Oc2cc(F)c(C#N)cc2[C@@H](Br)[C@@H]1O. The first kappa shape index (κ1) is 12.3. The van der Waals surface area contributed by atoms with Crippen LogP contribution in [0.15, 0.2) is 12.1 Å². The van der Waals surface area contributed by atoms with Crippen LogP contribution in [0.1, 0.15) is 29.8 Å². The van der Waals surface area contributed by atoms with Gasteiger partial charge in [0.1, 0.15) is 29.3 Å². The Hall–Kier alpha value is -1.12. The molecule has 2 atom stereocenters. The summed E-state index contributed by atoms with van der Waals surface area (Å²) < 4.78 is 19.0. The number of ether oxygens (including phenoxy) is 1. The highest BCUT2D eigenvalue weighted by Gasteiger charge is 2.42. The molecule has 1 aromatic rings. The fraction of sp³-hybridized carbons (Fsp3) is 0.417. The quantitative estimate of drug-likeness (QED) is 0.749. The molecule has 0 spiro atoms. The smallest absolute Gasteiger partial charge is 0.144 e. The largest absolute Gasteiger partial charge is 0.485 e. The van der Waals surface area contributed by atoms with Gasteiger partial charge in [-0.2, -0.15) is 5.26 Å². The molecule has 1 heterocycles. The van der Waals surface area contributed by atoms with Gasteiger partial charge in [0.25, 0.3) is 0 Å². The number of hydrogen-bond donors (Lipinski definition) is 1. The number of aliphatic hydroxyl groups is 1. The van der Waals surface area contributed by atoms with Crippen LogP contribution in [0.25, 0.3) is 0 Å². The lowest BCUT2D eigenvalue weighted by atomic mass is 9.90. The highest BCUT2D eigenvalue weighted by Crippen LogP contribution is 2.44. The monoisotopic (exact) mass is 299 g/mol. The van der Waals surface area contributed by atoms with Crippen molar-refractivity contribution in [3.05, 3.63) is 29.1 Å². The molecular formula is C12H11BrFNO2. The molecule has 0 aromatic heterocycles. The van der Waals surface area contributed by atoms with Crippen molar-refractivity contribution in [2.75, 3.05) is 0 Å². The summed E-state index contributed by atoms with van der Waals surface area (Å²) >= 11 is 3.35. The number of nitrogens with zero attached hydrogens (tertiary/aromatic N) is 1. The molecule has 0 saturated heterocycles. The maximum absolute atomic E-state index is 13.5. The Labute approximate surface area is 107 Å². The van der Waals surface area contributed by atoms with Gasteiger partial charge in [0.15, 0.2) is 0 Å². The van der Waals surface area contributed by atoms with Crippen LogP contribution >= 0.6 is 15.9 Å². The summed E-state index contributed by atoms with van der Waals surface area (Å²) in [6.07, 6.45) is -0.771. The van der Waals surface area contributed by atoms with Crippen molar-refractivity contribution in [1.29, 1.82) is 5.26 Å². The summed E-state index contributed by atoms with van der Waals surface area (Å²) in [4.78, 5) is -0.381.